The SMILES string of the molecule is CC1CN(c2ccc(F)cc2[C@@H](C)N)CCO1. The van der Waals surface area contributed by atoms with Crippen molar-refractivity contribution in [1.82, 2.24) is 0 Å². The molecule has 17 heavy (non-hydrogen) atoms. The van der Waals surface area contributed by atoms with Gasteiger partial charge in [0.25, 0.3) is 0 Å². The summed E-state index contributed by atoms with van der Waals surface area (Å²) in [5, 5.41) is 0. The lowest BCUT2D eigenvalue weighted by Crippen LogP contribution is -2.41. The van der Waals surface area contributed by atoms with Crippen molar-refractivity contribution in [2.75, 3.05) is 24.6 Å². The van der Waals surface area contributed by atoms with Crippen LogP contribution in [-0.4, -0.2) is 25.8 Å². The fourth-order valence-electron chi connectivity index (χ4n) is 2.22. The van der Waals surface area contributed by atoms with Gasteiger partial charge in [-0.25, -0.2) is 4.39 Å². The van der Waals surface area contributed by atoms with Crippen LogP contribution in [0, 0.1) is 5.82 Å². The Morgan fingerprint density at radius 2 is 2.29 bits per heavy atom. The molecule has 1 aromatic rings. The molecule has 1 heterocycles. The minimum Gasteiger partial charge on any atom is -0.375 e. The van der Waals surface area contributed by atoms with Gasteiger partial charge in [-0.15, -0.1) is 0 Å². The highest BCUT2D eigenvalue weighted by molar-refractivity contribution is 5.55. The predicted molar refractivity (Wildman–Crippen MR) is 66.6 cm³/mol. The standard InChI is InChI=1S/C13H19FN2O/c1-9-8-16(5-6-17-9)13-4-3-11(14)7-12(13)10(2)15/h3-4,7,9-10H,5-6,8,15H2,1-2H3/t9?,10-/m1/s1. The van der Waals surface area contributed by atoms with Gasteiger partial charge in [0, 0.05) is 24.8 Å². The van der Waals surface area contributed by atoms with E-state index in [0.29, 0.717) is 6.61 Å². The van der Waals surface area contributed by atoms with Gasteiger partial charge in [-0.3, -0.25) is 0 Å². The Bertz CT molecular complexity index is 395. The largest absolute Gasteiger partial charge is 0.375 e. The first kappa shape index (κ1) is 12.3. The van der Waals surface area contributed by atoms with Crippen LogP contribution in [0.15, 0.2) is 18.2 Å². The molecule has 1 aliphatic heterocycles. The predicted octanol–water partition coefficient (Wildman–Crippen LogP) is 2.07. The Kier molecular flexibility index (Phi) is 3.64. The maximum Gasteiger partial charge on any atom is 0.123 e. The van der Waals surface area contributed by atoms with Crippen molar-refractivity contribution in [2.24, 2.45) is 5.73 Å². The van der Waals surface area contributed by atoms with Crippen LogP contribution in [0.2, 0.25) is 0 Å². The molecule has 1 unspecified atom stereocenters. The van der Waals surface area contributed by atoms with Crippen LogP contribution in [0.4, 0.5) is 10.1 Å². The summed E-state index contributed by atoms with van der Waals surface area (Å²) >= 11 is 0. The summed E-state index contributed by atoms with van der Waals surface area (Å²) in [6, 6.07) is 4.66. The number of morpholine rings is 1. The average Bonchev–Trinajstić information content (AvgIpc) is 2.28. The van der Waals surface area contributed by atoms with Crippen LogP contribution in [-0.2, 0) is 4.74 Å². The monoisotopic (exact) mass is 238 g/mol. The topological polar surface area (TPSA) is 38.5 Å². The smallest absolute Gasteiger partial charge is 0.123 e. The lowest BCUT2D eigenvalue weighted by molar-refractivity contribution is 0.0531. The maximum atomic E-state index is 13.3. The van der Waals surface area contributed by atoms with Crippen LogP contribution >= 0.6 is 0 Å². The average molecular weight is 238 g/mol. The number of nitrogens with zero attached hydrogens (tertiary/aromatic N) is 1. The number of nitrogens with two attached hydrogens (primary N) is 1. The second kappa shape index (κ2) is 5.02. The van der Waals surface area contributed by atoms with Crippen molar-refractivity contribution in [2.45, 2.75) is 26.0 Å². The summed E-state index contributed by atoms with van der Waals surface area (Å²) in [5.74, 6) is -0.234. The summed E-state index contributed by atoms with van der Waals surface area (Å²) in [6.45, 7) is 6.28. The molecule has 1 aromatic carbocycles. The van der Waals surface area contributed by atoms with Gasteiger partial charge in [0.05, 0.1) is 12.7 Å². The van der Waals surface area contributed by atoms with E-state index in [2.05, 4.69) is 4.90 Å². The molecule has 2 rings (SSSR count). The van der Waals surface area contributed by atoms with Crippen molar-refractivity contribution < 1.29 is 9.13 Å². The van der Waals surface area contributed by atoms with Gasteiger partial charge >= 0.3 is 0 Å². The Morgan fingerprint density at radius 1 is 1.53 bits per heavy atom. The summed E-state index contributed by atoms with van der Waals surface area (Å²) in [6.07, 6.45) is 0.203. The van der Waals surface area contributed by atoms with E-state index in [1.54, 1.807) is 0 Å². The minimum atomic E-state index is -0.234. The summed E-state index contributed by atoms with van der Waals surface area (Å²) in [4.78, 5) is 2.21. The first-order valence-electron chi connectivity index (χ1n) is 5.99. The number of hydrogen-bond acceptors (Lipinski definition) is 3. The lowest BCUT2D eigenvalue weighted by atomic mass is 10.0. The van der Waals surface area contributed by atoms with E-state index in [0.717, 1.165) is 24.3 Å². The zero-order valence-corrected chi connectivity index (χ0v) is 10.3. The third-order valence-corrected chi connectivity index (χ3v) is 3.06. The Balaban J connectivity index is 2.30. The molecule has 2 N–H and O–H groups in total. The van der Waals surface area contributed by atoms with Crippen molar-refractivity contribution in [3.05, 3.63) is 29.6 Å². The minimum absolute atomic E-state index is 0.168. The van der Waals surface area contributed by atoms with Crippen LogP contribution < -0.4 is 10.6 Å². The van der Waals surface area contributed by atoms with Crippen LogP contribution in [0.3, 0.4) is 0 Å². The quantitative estimate of drug-likeness (QED) is 0.857. The first-order chi connectivity index (χ1) is 8.08. The summed E-state index contributed by atoms with van der Waals surface area (Å²) in [5.41, 5.74) is 7.79. The first-order valence-corrected chi connectivity index (χ1v) is 5.99. The van der Waals surface area contributed by atoms with E-state index in [-0.39, 0.29) is 18.0 Å². The van der Waals surface area contributed by atoms with Crippen molar-refractivity contribution in [1.29, 1.82) is 0 Å². The fraction of sp³-hybridized carbons (Fsp3) is 0.538. The molecule has 1 fully saturated rings. The Hall–Kier alpha value is -1.13. The normalized spacial score (nSPS) is 22.6. The number of benzene rings is 1. The Labute approximate surface area is 101 Å². The van der Waals surface area contributed by atoms with E-state index in [4.69, 9.17) is 10.5 Å². The van der Waals surface area contributed by atoms with E-state index in [1.807, 2.05) is 19.9 Å². The molecule has 0 bridgehead atoms. The molecular weight excluding hydrogens is 219 g/mol. The summed E-state index contributed by atoms with van der Waals surface area (Å²) in [7, 11) is 0. The number of ether oxygens (including phenoxy) is 1. The second-order valence-electron chi connectivity index (χ2n) is 4.62. The molecule has 4 heteroatoms. The molecular formula is C13H19FN2O. The van der Waals surface area contributed by atoms with Gasteiger partial charge in [-0.2, -0.15) is 0 Å². The molecule has 0 amide bonds. The number of anilines is 1. The van der Waals surface area contributed by atoms with E-state index in [9.17, 15) is 4.39 Å². The van der Waals surface area contributed by atoms with Crippen molar-refractivity contribution in [3.63, 3.8) is 0 Å². The molecule has 2 atom stereocenters. The molecule has 0 saturated carbocycles. The molecule has 1 aliphatic rings. The van der Waals surface area contributed by atoms with E-state index < -0.39 is 0 Å². The van der Waals surface area contributed by atoms with E-state index in [1.165, 1.54) is 12.1 Å². The highest BCUT2D eigenvalue weighted by Gasteiger charge is 2.20. The van der Waals surface area contributed by atoms with E-state index >= 15 is 0 Å². The van der Waals surface area contributed by atoms with Crippen LogP contribution in [0.1, 0.15) is 25.5 Å². The van der Waals surface area contributed by atoms with Gasteiger partial charge in [0.2, 0.25) is 0 Å². The van der Waals surface area contributed by atoms with Crippen molar-refractivity contribution >= 4 is 5.69 Å². The van der Waals surface area contributed by atoms with Gasteiger partial charge in [-0.05, 0) is 37.6 Å². The molecule has 3 nitrogen and oxygen atoms in total. The highest BCUT2D eigenvalue weighted by atomic mass is 19.1. The summed E-state index contributed by atoms with van der Waals surface area (Å²) < 4.78 is 18.8. The van der Waals surface area contributed by atoms with Gasteiger partial charge in [-0.1, -0.05) is 0 Å². The molecule has 1 saturated heterocycles. The van der Waals surface area contributed by atoms with Gasteiger partial charge in [0.15, 0.2) is 0 Å². The van der Waals surface area contributed by atoms with Crippen LogP contribution in [0.25, 0.3) is 0 Å². The number of halogens is 1. The zero-order chi connectivity index (χ0) is 12.4. The van der Waals surface area contributed by atoms with Gasteiger partial charge in [0.1, 0.15) is 5.82 Å². The molecule has 0 spiro atoms. The molecule has 0 radical (unpaired) electrons. The van der Waals surface area contributed by atoms with Crippen LogP contribution in [0.5, 0.6) is 0 Å². The third kappa shape index (κ3) is 2.76. The fourth-order valence-corrected chi connectivity index (χ4v) is 2.22. The number of hydrogen-bond donors (Lipinski definition) is 1. The maximum absolute atomic E-state index is 13.3. The molecule has 0 aromatic heterocycles. The number of rotatable bonds is 2. The Morgan fingerprint density at radius 3 is 2.94 bits per heavy atom. The second-order valence-corrected chi connectivity index (χ2v) is 4.62. The van der Waals surface area contributed by atoms with Gasteiger partial charge < -0.3 is 15.4 Å². The zero-order valence-electron chi connectivity index (χ0n) is 10.3. The van der Waals surface area contributed by atoms with Crippen molar-refractivity contribution in [3.8, 4) is 0 Å². The lowest BCUT2D eigenvalue weighted by Gasteiger charge is -2.34. The molecule has 0 aliphatic carbocycles. The highest BCUT2D eigenvalue weighted by Crippen LogP contribution is 2.27. The third-order valence-electron chi connectivity index (χ3n) is 3.06. The molecule has 94 valence electrons.